The molecular formula is C54H35N3S. The van der Waals surface area contributed by atoms with Gasteiger partial charge in [0.25, 0.3) is 0 Å². The van der Waals surface area contributed by atoms with Crippen molar-refractivity contribution in [3.05, 3.63) is 212 Å². The van der Waals surface area contributed by atoms with Gasteiger partial charge in [-0.3, -0.25) is 0 Å². The third-order valence-corrected chi connectivity index (χ3v) is 12.2. The zero-order valence-electron chi connectivity index (χ0n) is 31.5. The average Bonchev–Trinajstić information content (AvgIpc) is 3.68. The Balaban J connectivity index is 1.15. The lowest BCUT2D eigenvalue weighted by atomic mass is 9.97. The van der Waals surface area contributed by atoms with E-state index in [1.165, 1.54) is 31.3 Å². The lowest BCUT2D eigenvalue weighted by Gasteiger charge is -2.28. The number of hydrogen-bond donors (Lipinski definition) is 0. The van der Waals surface area contributed by atoms with Crippen molar-refractivity contribution in [1.29, 1.82) is 0 Å². The summed E-state index contributed by atoms with van der Waals surface area (Å²) in [6, 6.07) is 75.7. The quantitative estimate of drug-likeness (QED) is 0.152. The van der Waals surface area contributed by atoms with Gasteiger partial charge in [0, 0.05) is 53.6 Å². The molecule has 0 unspecified atom stereocenters. The van der Waals surface area contributed by atoms with Crippen molar-refractivity contribution >= 4 is 70.4 Å². The van der Waals surface area contributed by atoms with E-state index in [0.29, 0.717) is 0 Å². The van der Waals surface area contributed by atoms with Gasteiger partial charge in [0.15, 0.2) is 0 Å². The molecule has 0 atom stereocenters. The molecule has 0 saturated heterocycles. The van der Waals surface area contributed by atoms with Crippen molar-refractivity contribution < 1.29 is 0 Å². The minimum atomic E-state index is 0.860. The molecule has 0 aliphatic rings. The molecule has 2 heterocycles. The highest BCUT2D eigenvalue weighted by Crippen LogP contribution is 2.45. The molecule has 0 radical (unpaired) electrons. The molecular weight excluding hydrogens is 723 g/mol. The van der Waals surface area contributed by atoms with Crippen LogP contribution in [0.25, 0.3) is 86.7 Å². The SMILES string of the molecule is c1ccc(-c2cccc(-c3ccccc3N(c3ccc4sc5ccccc5c4c3)c3ccc4ccc5nc(-c6ccccc6)c(-c6ccccc6)nc5c4c3)c2)cc1. The Bertz CT molecular complexity index is 3280. The highest BCUT2D eigenvalue weighted by molar-refractivity contribution is 7.25. The number of benzene rings is 9. The number of anilines is 3. The molecule has 9 aromatic carbocycles. The van der Waals surface area contributed by atoms with Crippen molar-refractivity contribution in [3.63, 3.8) is 0 Å². The normalized spacial score (nSPS) is 11.4. The van der Waals surface area contributed by atoms with Gasteiger partial charge in [-0.05, 0) is 76.7 Å². The van der Waals surface area contributed by atoms with Crippen molar-refractivity contribution in [2.75, 3.05) is 4.90 Å². The topological polar surface area (TPSA) is 29.0 Å². The van der Waals surface area contributed by atoms with E-state index in [-0.39, 0.29) is 0 Å². The monoisotopic (exact) mass is 757 g/mol. The van der Waals surface area contributed by atoms with E-state index in [0.717, 1.165) is 72.5 Å². The Morgan fingerprint density at radius 3 is 1.71 bits per heavy atom. The maximum absolute atomic E-state index is 5.49. The zero-order chi connectivity index (χ0) is 38.4. The molecule has 0 aliphatic heterocycles. The summed E-state index contributed by atoms with van der Waals surface area (Å²) >= 11 is 1.84. The van der Waals surface area contributed by atoms with E-state index in [9.17, 15) is 0 Å². The number of thiophene rings is 1. The first-order chi connectivity index (χ1) is 28.7. The van der Waals surface area contributed by atoms with Crippen molar-refractivity contribution in [3.8, 4) is 44.8 Å². The summed E-state index contributed by atoms with van der Waals surface area (Å²) in [7, 11) is 0. The first-order valence-electron chi connectivity index (χ1n) is 19.6. The van der Waals surface area contributed by atoms with Crippen LogP contribution < -0.4 is 4.90 Å². The van der Waals surface area contributed by atoms with E-state index in [1.807, 2.05) is 23.5 Å². The highest BCUT2D eigenvalue weighted by atomic mass is 32.1. The number of aromatic nitrogens is 2. The molecule has 3 nitrogen and oxygen atoms in total. The van der Waals surface area contributed by atoms with Gasteiger partial charge in [-0.25, -0.2) is 9.97 Å². The van der Waals surface area contributed by atoms with Crippen molar-refractivity contribution in [2.45, 2.75) is 0 Å². The Labute approximate surface area is 340 Å². The molecule has 0 spiro atoms. The summed E-state index contributed by atoms with van der Waals surface area (Å²) in [6.45, 7) is 0. The predicted molar refractivity (Wildman–Crippen MR) is 246 cm³/mol. The molecule has 272 valence electrons. The molecule has 0 bridgehead atoms. The minimum Gasteiger partial charge on any atom is -0.310 e. The third kappa shape index (κ3) is 5.99. The van der Waals surface area contributed by atoms with Gasteiger partial charge in [0.2, 0.25) is 0 Å². The lowest BCUT2D eigenvalue weighted by Crippen LogP contribution is -2.11. The minimum absolute atomic E-state index is 0.860. The molecule has 0 fully saturated rings. The third-order valence-electron chi connectivity index (χ3n) is 11.0. The number of hydrogen-bond acceptors (Lipinski definition) is 4. The van der Waals surface area contributed by atoms with Gasteiger partial charge in [-0.15, -0.1) is 11.3 Å². The van der Waals surface area contributed by atoms with Crippen LogP contribution in [0.4, 0.5) is 17.1 Å². The van der Waals surface area contributed by atoms with Crippen LogP contribution in [0.15, 0.2) is 212 Å². The van der Waals surface area contributed by atoms with Crippen LogP contribution in [-0.2, 0) is 0 Å². The van der Waals surface area contributed by atoms with Crippen LogP contribution in [0.3, 0.4) is 0 Å². The van der Waals surface area contributed by atoms with Gasteiger partial charge in [-0.2, -0.15) is 0 Å². The number of rotatable bonds is 7. The van der Waals surface area contributed by atoms with Crippen molar-refractivity contribution in [2.24, 2.45) is 0 Å². The second kappa shape index (κ2) is 14.3. The Morgan fingerprint density at radius 1 is 0.362 bits per heavy atom. The molecule has 0 N–H and O–H groups in total. The molecule has 4 heteroatoms. The van der Waals surface area contributed by atoms with E-state index in [1.54, 1.807) is 0 Å². The second-order valence-electron chi connectivity index (χ2n) is 14.6. The van der Waals surface area contributed by atoms with Crippen LogP contribution in [0.5, 0.6) is 0 Å². The first kappa shape index (κ1) is 33.9. The Hall–Kier alpha value is -7.40. The second-order valence-corrected chi connectivity index (χ2v) is 15.7. The summed E-state index contributed by atoms with van der Waals surface area (Å²) in [5.74, 6) is 0. The molecule has 2 aromatic heterocycles. The van der Waals surface area contributed by atoms with E-state index in [4.69, 9.17) is 9.97 Å². The number of fused-ring (bicyclic) bond motifs is 6. The summed E-state index contributed by atoms with van der Waals surface area (Å²) < 4.78 is 2.57. The first-order valence-corrected chi connectivity index (χ1v) is 20.4. The summed E-state index contributed by atoms with van der Waals surface area (Å²) in [4.78, 5) is 13.2. The fourth-order valence-electron chi connectivity index (χ4n) is 8.25. The average molecular weight is 758 g/mol. The molecule has 0 amide bonds. The van der Waals surface area contributed by atoms with Crippen LogP contribution >= 0.6 is 11.3 Å². The molecule has 11 aromatic rings. The van der Waals surface area contributed by atoms with Gasteiger partial charge < -0.3 is 4.90 Å². The van der Waals surface area contributed by atoms with Crippen LogP contribution in [0.1, 0.15) is 0 Å². The largest absolute Gasteiger partial charge is 0.310 e. The smallest absolute Gasteiger partial charge is 0.0973 e. The van der Waals surface area contributed by atoms with Crippen LogP contribution in [0, 0.1) is 0 Å². The van der Waals surface area contributed by atoms with Gasteiger partial charge in [0.1, 0.15) is 0 Å². The molecule has 11 rings (SSSR count). The van der Waals surface area contributed by atoms with Gasteiger partial charge in [-0.1, -0.05) is 158 Å². The van der Waals surface area contributed by atoms with Gasteiger partial charge in [0.05, 0.1) is 28.1 Å². The summed E-state index contributed by atoms with van der Waals surface area (Å²) in [5, 5.41) is 4.69. The number of nitrogens with zero attached hydrogens (tertiary/aromatic N) is 3. The van der Waals surface area contributed by atoms with Crippen LogP contribution in [-0.4, -0.2) is 9.97 Å². The Morgan fingerprint density at radius 2 is 0.931 bits per heavy atom. The lowest BCUT2D eigenvalue weighted by molar-refractivity contribution is 1.29. The number of para-hydroxylation sites is 1. The standard InChI is InChI=1S/C54H35N3S/c1-4-15-36(16-5-1)40-21-14-22-41(33-40)44-23-10-12-25-49(44)57(43-30-32-51-47(35-43)45-24-11-13-26-50(45)58-51)42-29-27-37-28-31-48-54(46(37)34-42)56-53(39-19-8-3-9-20-39)52(55-48)38-17-6-2-7-18-38/h1-35H. The highest BCUT2D eigenvalue weighted by Gasteiger charge is 2.21. The fraction of sp³-hybridized carbons (Fsp3) is 0. The van der Waals surface area contributed by atoms with Gasteiger partial charge >= 0.3 is 0 Å². The maximum Gasteiger partial charge on any atom is 0.0973 e. The maximum atomic E-state index is 5.49. The summed E-state index contributed by atoms with van der Waals surface area (Å²) in [6.07, 6.45) is 0. The Kier molecular flexibility index (Phi) is 8.34. The van der Waals surface area contributed by atoms with E-state index in [2.05, 4.69) is 205 Å². The predicted octanol–water partition coefficient (Wildman–Crippen LogP) is 15.3. The zero-order valence-corrected chi connectivity index (χ0v) is 32.3. The molecule has 0 aliphatic carbocycles. The van der Waals surface area contributed by atoms with Crippen molar-refractivity contribution in [1.82, 2.24) is 9.97 Å². The summed E-state index contributed by atoms with van der Waals surface area (Å²) in [5.41, 5.74) is 13.5. The van der Waals surface area contributed by atoms with E-state index < -0.39 is 0 Å². The van der Waals surface area contributed by atoms with E-state index >= 15 is 0 Å². The fourth-order valence-corrected chi connectivity index (χ4v) is 9.34. The molecule has 58 heavy (non-hydrogen) atoms. The molecule has 0 saturated carbocycles. The van der Waals surface area contributed by atoms with Crippen LogP contribution in [0.2, 0.25) is 0 Å².